The predicted molar refractivity (Wildman–Crippen MR) is 66.5 cm³/mol. The number of ether oxygens (including phenoxy) is 1. The van der Waals surface area contributed by atoms with Gasteiger partial charge in [0.1, 0.15) is 0 Å². The van der Waals surface area contributed by atoms with Crippen molar-refractivity contribution in [2.75, 3.05) is 7.11 Å². The Morgan fingerprint density at radius 3 is 2.89 bits per heavy atom. The summed E-state index contributed by atoms with van der Waals surface area (Å²) in [5.41, 5.74) is 2.96. The van der Waals surface area contributed by atoms with Gasteiger partial charge in [-0.15, -0.1) is 11.3 Å². The van der Waals surface area contributed by atoms with Crippen LogP contribution in [0.2, 0.25) is 0 Å². The molecule has 0 amide bonds. The van der Waals surface area contributed by atoms with Crippen LogP contribution in [0.4, 0.5) is 0 Å². The quantitative estimate of drug-likeness (QED) is 0.793. The smallest absolute Gasteiger partial charge is 0.356 e. The largest absolute Gasteiger partial charge is 0.464 e. The molecule has 1 aliphatic rings. The van der Waals surface area contributed by atoms with Crippen molar-refractivity contribution in [1.29, 1.82) is 0 Å². The van der Waals surface area contributed by atoms with Crippen molar-refractivity contribution in [1.82, 2.24) is 15.0 Å². The number of rotatable bonds is 3. The number of carbonyl (C=O) groups is 1. The van der Waals surface area contributed by atoms with E-state index in [1.165, 1.54) is 18.4 Å². The number of carbonyl (C=O) groups excluding carboxylic acids is 1. The molecule has 2 heterocycles. The summed E-state index contributed by atoms with van der Waals surface area (Å²) in [5, 5.41) is 0. The molecule has 2 aromatic heterocycles. The van der Waals surface area contributed by atoms with E-state index in [-0.39, 0.29) is 0 Å². The minimum atomic E-state index is -0.426. The minimum Gasteiger partial charge on any atom is -0.464 e. The minimum absolute atomic E-state index is 0.317. The van der Waals surface area contributed by atoms with Crippen molar-refractivity contribution >= 4 is 17.3 Å². The fourth-order valence-corrected chi connectivity index (χ4v) is 2.25. The monoisotopic (exact) mass is 261 g/mol. The molecule has 0 radical (unpaired) electrons. The van der Waals surface area contributed by atoms with Gasteiger partial charge < -0.3 is 4.74 Å². The Morgan fingerprint density at radius 1 is 1.44 bits per heavy atom. The molecule has 0 aromatic carbocycles. The van der Waals surface area contributed by atoms with Gasteiger partial charge in [-0.25, -0.2) is 14.8 Å². The van der Waals surface area contributed by atoms with Gasteiger partial charge in [0.2, 0.25) is 0 Å². The standard InChI is InChI=1S/C12H11N3O2S/c1-17-12(16)9-4-8(7-2-3-7)14-11(15-9)10-5-13-6-18-10/h4-7H,2-3H2,1H3. The van der Waals surface area contributed by atoms with Gasteiger partial charge in [0.15, 0.2) is 11.5 Å². The number of hydrogen-bond acceptors (Lipinski definition) is 6. The van der Waals surface area contributed by atoms with Crippen molar-refractivity contribution in [3.8, 4) is 10.7 Å². The molecule has 0 N–H and O–H groups in total. The second-order valence-electron chi connectivity index (χ2n) is 4.13. The molecule has 1 saturated carbocycles. The summed E-state index contributed by atoms with van der Waals surface area (Å²) >= 11 is 1.46. The molecule has 0 saturated heterocycles. The maximum absolute atomic E-state index is 11.6. The second kappa shape index (κ2) is 4.45. The Labute approximate surface area is 108 Å². The van der Waals surface area contributed by atoms with Crippen LogP contribution in [-0.2, 0) is 4.74 Å². The highest BCUT2D eigenvalue weighted by Crippen LogP contribution is 2.39. The van der Waals surface area contributed by atoms with Crippen LogP contribution >= 0.6 is 11.3 Å². The third kappa shape index (κ3) is 2.11. The van der Waals surface area contributed by atoms with E-state index in [9.17, 15) is 4.79 Å². The Bertz CT molecular complexity index is 579. The molecule has 1 fully saturated rings. The highest BCUT2D eigenvalue weighted by Gasteiger charge is 2.27. The maximum atomic E-state index is 11.6. The van der Waals surface area contributed by atoms with Crippen molar-refractivity contribution in [2.45, 2.75) is 18.8 Å². The molecule has 5 nitrogen and oxygen atoms in total. The summed E-state index contributed by atoms with van der Waals surface area (Å²) in [4.78, 5) is 25.2. The van der Waals surface area contributed by atoms with Gasteiger partial charge in [-0.2, -0.15) is 0 Å². The van der Waals surface area contributed by atoms with Crippen LogP contribution in [0.1, 0.15) is 34.9 Å². The lowest BCUT2D eigenvalue weighted by molar-refractivity contribution is 0.0594. The molecule has 3 rings (SSSR count). The first-order valence-electron chi connectivity index (χ1n) is 5.64. The number of hydrogen-bond donors (Lipinski definition) is 0. The van der Waals surface area contributed by atoms with E-state index in [4.69, 9.17) is 4.74 Å². The number of nitrogens with zero attached hydrogens (tertiary/aromatic N) is 3. The van der Waals surface area contributed by atoms with Gasteiger partial charge in [0, 0.05) is 17.8 Å². The fourth-order valence-electron chi connectivity index (χ4n) is 1.70. The third-order valence-corrected chi connectivity index (χ3v) is 3.56. The zero-order chi connectivity index (χ0) is 12.5. The summed E-state index contributed by atoms with van der Waals surface area (Å²) in [6, 6.07) is 1.73. The molecular formula is C12H11N3O2S. The zero-order valence-electron chi connectivity index (χ0n) is 9.79. The lowest BCUT2D eigenvalue weighted by Gasteiger charge is -2.04. The van der Waals surface area contributed by atoms with Crippen LogP contribution in [0, 0.1) is 0 Å². The molecule has 0 unspecified atom stereocenters. The SMILES string of the molecule is COC(=O)c1cc(C2CC2)nc(-c2cncs2)n1. The zero-order valence-corrected chi connectivity index (χ0v) is 10.6. The molecule has 0 bridgehead atoms. The Balaban J connectivity index is 2.07. The third-order valence-electron chi connectivity index (χ3n) is 2.79. The molecule has 0 spiro atoms. The van der Waals surface area contributed by atoms with Gasteiger partial charge in [-0.05, 0) is 18.9 Å². The molecule has 2 aromatic rings. The molecule has 0 atom stereocenters. The summed E-state index contributed by atoms with van der Waals surface area (Å²) in [6.45, 7) is 0. The van der Waals surface area contributed by atoms with Gasteiger partial charge >= 0.3 is 5.97 Å². The summed E-state index contributed by atoms with van der Waals surface area (Å²) in [6.07, 6.45) is 3.96. The molecular weight excluding hydrogens is 250 g/mol. The van der Waals surface area contributed by atoms with E-state index in [1.54, 1.807) is 17.8 Å². The first-order chi connectivity index (χ1) is 8.78. The van der Waals surface area contributed by atoms with Gasteiger partial charge in [0.05, 0.1) is 17.5 Å². The lowest BCUT2D eigenvalue weighted by atomic mass is 10.2. The molecule has 6 heteroatoms. The summed E-state index contributed by atoms with van der Waals surface area (Å²) in [5.74, 6) is 0.593. The van der Waals surface area contributed by atoms with Crippen molar-refractivity contribution in [3.05, 3.63) is 29.2 Å². The lowest BCUT2D eigenvalue weighted by Crippen LogP contribution is -2.07. The summed E-state index contributed by atoms with van der Waals surface area (Å²) < 4.78 is 4.72. The topological polar surface area (TPSA) is 65.0 Å². The van der Waals surface area contributed by atoms with Crippen LogP contribution in [0.5, 0.6) is 0 Å². The van der Waals surface area contributed by atoms with Gasteiger partial charge in [0.25, 0.3) is 0 Å². The highest BCUT2D eigenvalue weighted by molar-refractivity contribution is 7.13. The second-order valence-corrected chi connectivity index (χ2v) is 5.02. The van der Waals surface area contributed by atoms with E-state index < -0.39 is 5.97 Å². The van der Waals surface area contributed by atoms with Gasteiger partial charge in [-0.3, -0.25) is 4.98 Å². The number of methoxy groups -OCH3 is 1. The van der Waals surface area contributed by atoms with Gasteiger partial charge in [-0.1, -0.05) is 0 Å². The van der Waals surface area contributed by atoms with Crippen LogP contribution in [-0.4, -0.2) is 28.0 Å². The summed E-state index contributed by atoms with van der Waals surface area (Å²) in [7, 11) is 1.35. The average Bonchev–Trinajstić information content (AvgIpc) is 3.12. The number of thiazole rings is 1. The first-order valence-corrected chi connectivity index (χ1v) is 6.52. The Kier molecular flexibility index (Phi) is 2.79. The average molecular weight is 261 g/mol. The highest BCUT2D eigenvalue weighted by atomic mass is 32.1. The molecule has 0 aliphatic heterocycles. The van der Waals surface area contributed by atoms with E-state index in [0.29, 0.717) is 17.4 Å². The number of esters is 1. The number of aromatic nitrogens is 3. The Morgan fingerprint density at radius 2 is 2.28 bits per heavy atom. The van der Waals surface area contributed by atoms with E-state index >= 15 is 0 Å². The fraction of sp³-hybridized carbons (Fsp3) is 0.333. The Hall–Kier alpha value is -1.82. The predicted octanol–water partition coefficient (Wildman–Crippen LogP) is 2.26. The normalized spacial score (nSPS) is 14.5. The van der Waals surface area contributed by atoms with Crippen LogP contribution in [0.25, 0.3) is 10.7 Å². The van der Waals surface area contributed by atoms with E-state index in [1.807, 2.05) is 0 Å². The van der Waals surface area contributed by atoms with Crippen LogP contribution in [0.3, 0.4) is 0 Å². The van der Waals surface area contributed by atoms with E-state index in [0.717, 1.165) is 23.4 Å². The van der Waals surface area contributed by atoms with Crippen molar-refractivity contribution < 1.29 is 9.53 Å². The van der Waals surface area contributed by atoms with Crippen LogP contribution in [0.15, 0.2) is 17.8 Å². The first kappa shape index (κ1) is 11.3. The van der Waals surface area contributed by atoms with Crippen molar-refractivity contribution in [2.24, 2.45) is 0 Å². The molecule has 1 aliphatic carbocycles. The molecule has 18 heavy (non-hydrogen) atoms. The van der Waals surface area contributed by atoms with Crippen molar-refractivity contribution in [3.63, 3.8) is 0 Å². The van der Waals surface area contributed by atoms with Crippen LogP contribution < -0.4 is 0 Å². The molecule has 92 valence electrons. The maximum Gasteiger partial charge on any atom is 0.356 e. The van der Waals surface area contributed by atoms with E-state index in [2.05, 4.69) is 15.0 Å².